The number of guanidine groups is 1. The van der Waals surface area contributed by atoms with Crippen LogP contribution in [0.1, 0.15) is 29.3 Å². The molecule has 0 amide bonds. The van der Waals surface area contributed by atoms with E-state index in [9.17, 15) is 8.78 Å². The van der Waals surface area contributed by atoms with Crippen LogP contribution in [0.2, 0.25) is 0 Å². The number of rotatable bonds is 9. The number of aromatic nitrogens is 1. The largest absolute Gasteiger partial charge is 0.488 e. The Morgan fingerprint density at radius 2 is 2.15 bits per heavy atom. The molecule has 2 aromatic rings. The second kappa shape index (κ2) is 10.7. The van der Waals surface area contributed by atoms with Crippen LogP contribution in [0.25, 0.3) is 0 Å². The summed E-state index contributed by atoms with van der Waals surface area (Å²) in [6, 6.07) is 7.04. The van der Waals surface area contributed by atoms with Crippen molar-refractivity contribution in [1.29, 1.82) is 0 Å². The molecule has 0 aliphatic carbocycles. The molecular formula is C18H24F2N4OS. The number of halogens is 2. The lowest BCUT2D eigenvalue weighted by Gasteiger charge is -2.10. The van der Waals surface area contributed by atoms with Crippen molar-refractivity contribution in [2.45, 2.75) is 39.8 Å². The molecule has 0 fully saturated rings. The number of benzene rings is 1. The summed E-state index contributed by atoms with van der Waals surface area (Å²) in [7, 11) is 0. The van der Waals surface area contributed by atoms with E-state index < -0.39 is 13.0 Å². The summed E-state index contributed by atoms with van der Waals surface area (Å²) in [6.45, 7) is 5.25. The van der Waals surface area contributed by atoms with Crippen molar-refractivity contribution in [3.8, 4) is 5.75 Å². The number of nitrogens with one attached hydrogen (secondary N) is 2. The van der Waals surface area contributed by atoms with Crippen molar-refractivity contribution in [3.05, 3.63) is 45.9 Å². The molecule has 0 aliphatic rings. The van der Waals surface area contributed by atoms with Gasteiger partial charge in [0.25, 0.3) is 6.43 Å². The van der Waals surface area contributed by atoms with Gasteiger partial charge in [-0.25, -0.2) is 18.8 Å². The van der Waals surface area contributed by atoms with Gasteiger partial charge in [0.05, 0.1) is 13.1 Å². The first-order valence-electron chi connectivity index (χ1n) is 8.56. The van der Waals surface area contributed by atoms with E-state index >= 15 is 0 Å². The van der Waals surface area contributed by atoms with E-state index in [1.54, 1.807) is 29.5 Å². The Morgan fingerprint density at radius 3 is 2.85 bits per heavy atom. The van der Waals surface area contributed by atoms with Gasteiger partial charge in [0.1, 0.15) is 17.4 Å². The lowest BCUT2D eigenvalue weighted by atomic mass is 10.2. The number of nitrogens with zero attached hydrogens (tertiary/aromatic N) is 2. The third-order valence-electron chi connectivity index (χ3n) is 3.40. The molecule has 2 rings (SSSR count). The lowest BCUT2D eigenvalue weighted by Crippen LogP contribution is -2.36. The van der Waals surface area contributed by atoms with Gasteiger partial charge in [-0.2, -0.15) is 0 Å². The molecule has 1 heterocycles. The van der Waals surface area contributed by atoms with E-state index in [2.05, 4.69) is 27.5 Å². The van der Waals surface area contributed by atoms with Gasteiger partial charge < -0.3 is 15.4 Å². The fourth-order valence-electron chi connectivity index (χ4n) is 2.16. The van der Waals surface area contributed by atoms with E-state index in [1.807, 2.05) is 19.2 Å². The van der Waals surface area contributed by atoms with E-state index in [0.717, 1.165) is 23.5 Å². The van der Waals surface area contributed by atoms with Crippen LogP contribution in [0, 0.1) is 0 Å². The van der Waals surface area contributed by atoms with Crippen molar-refractivity contribution in [1.82, 2.24) is 15.6 Å². The molecule has 0 radical (unpaired) electrons. The number of ether oxygens (including phenoxy) is 1. The molecule has 0 spiro atoms. The van der Waals surface area contributed by atoms with Gasteiger partial charge in [-0.15, -0.1) is 11.3 Å². The minimum atomic E-state index is -2.49. The van der Waals surface area contributed by atoms with E-state index in [1.165, 1.54) is 4.88 Å². The Bertz CT molecular complexity index is 706. The Labute approximate surface area is 156 Å². The maximum absolute atomic E-state index is 12.2. The van der Waals surface area contributed by atoms with Gasteiger partial charge in [0.15, 0.2) is 5.96 Å². The van der Waals surface area contributed by atoms with Gasteiger partial charge in [-0.3, -0.25) is 0 Å². The van der Waals surface area contributed by atoms with Crippen LogP contribution in [0.5, 0.6) is 5.75 Å². The molecule has 142 valence electrons. The maximum Gasteiger partial charge on any atom is 0.272 e. The number of alkyl halides is 2. The van der Waals surface area contributed by atoms with Crippen LogP contribution in [0.3, 0.4) is 0 Å². The normalized spacial score (nSPS) is 11.7. The average molecular weight is 382 g/mol. The Balaban J connectivity index is 1.94. The van der Waals surface area contributed by atoms with Crippen LogP contribution in [0.15, 0.2) is 35.5 Å². The average Bonchev–Trinajstić information content (AvgIpc) is 3.11. The highest BCUT2D eigenvalue weighted by Crippen LogP contribution is 2.15. The predicted octanol–water partition coefficient (Wildman–Crippen LogP) is 3.60. The number of hydrogen-bond donors (Lipinski definition) is 2. The first-order chi connectivity index (χ1) is 12.6. The molecule has 26 heavy (non-hydrogen) atoms. The number of hydrogen-bond acceptors (Lipinski definition) is 4. The monoisotopic (exact) mass is 382 g/mol. The smallest absolute Gasteiger partial charge is 0.272 e. The third kappa shape index (κ3) is 6.95. The molecule has 0 atom stereocenters. The van der Waals surface area contributed by atoms with Gasteiger partial charge in [-0.1, -0.05) is 19.1 Å². The topological polar surface area (TPSA) is 58.5 Å². The summed E-state index contributed by atoms with van der Waals surface area (Å²) in [5.74, 6) is 1.10. The van der Waals surface area contributed by atoms with Crippen molar-refractivity contribution in [2.24, 2.45) is 4.99 Å². The molecule has 8 heteroatoms. The molecule has 0 saturated heterocycles. The van der Waals surface area contributed by atoms with Crippen LogP contribution < -0.4 is 15.4 Å². The summed E-state index contributed by atoms with van der Waals surface area (Å²) >= 11 is 1.68. The van der Waals surface area contributed by atoms with Crippen LogP contribution >= 0.6 is 11.3 Å². The van der Waals surface area contributed by atoms with E-state index in [-0.39, 0.29) is 0 Å². The summed E-state index contributed by atoms with van der Waals surface area (Å²) in [5, 5.41) is 7.45. The van der Waals surface area contributed by atoms with Crippen LogP contribution in [-0.2, 0) is 19.5 Å². The first-order valence-corrected chi connectivity index (χ1v) is 9.38. The minimum Gasteiger partial charge on any atom is -0.488 e. The highest BCUT2D eigenvalue weighted by Gasteiger charge is 2.05. The number of thiazole rings is 1. The zero-order valence-electron chi connectivity index (χ0n) is 15.0. The molecule has 0 bridgehead atoms. The summed E-state index contributed by atoms with van der Waals surface area (Å²) in [4.78, 5) is 10.2. The maximum atomic E-state index is 12.2. The summed E-state index contributed by atoms with van der Waals surface area (Å²) in [5.41, 5.74) is 0.886. The molecule has 1 aromatic carbocycles. The summed E-state index contributed by atoms with van der Waals surface area (Å²) < 4.78 is 29.5. The molecule has 2 N–H and O–H groups in total. The second-order valence-electron chi connectivity index (χ2n) is 5.47. The van der Waals surface area contributed by atoms with E-state index in [4.69, 9.17) is 4.74 Å². The van der Waals surface area contributed by atoms with Crippen LogP contribution in [-0.4, -0.2) is 30.5 Å². The Kier molecular flexibility index (Phi) is 8.27. The number of aliphatic imine (C=N–C) groups is 1. The van der Waals surface area contributed by atoms with Crippen molar-refractivity contribution in [3.63, 3.8) is 0 Å². The molecule has 0 unspecified atom stereocenters. The van der Waals surface area contributed by atoms with Crippen molar-refractivity contribution < 1.29 is 13.5 Å². The lowest BCUT2D eigenvalue weighted by molar-refractivity contribution is 0.0818. The molecule has 1 aromatic heterocycles. The standard InChI is InChI=1S/C18H24F2N4OS/c1-3-15-10-22-17(26-15)11-24-18(21-4-2)23-9-13-6-5-7-14(8-13)25-12-16(19)20/h5-8,10,16H,3-4,9,11-12H2,1-2H3,(H2,21,23,24). The third-order valence-corrected chi connectivity index (χ3v) is 4.54. The molecule has 0 aliphatic heterocycles. The minimum absolute atomic E-state index is 0.416. The quantitative estimate of drug-likeness (QED) is 0.514. The highest BCUT2D eigenvalue weighted by molar-refractivity contribution is 7.11. The molecule has 5 nitrogen and oxygen atoms in total. The molecular weight excluding hydrogens is 358 g/mol. The Hall–Kier alpha value is -2.22. The first kappa shape index (κ1) is 20.1. The van der Waals surface area contributed by atoms with Crippen molar-refractivity contribution >= 4 is 17.3 Å². The fourth-order valence-corrected chi connectivity index (χ4v) is 2.96. The van der Waals surface area contributed by atoms with Gasteiger partial charge >= 0.3 is 0 Å². The van der Waals surface area contributed by atoms with Crippen molar-refractivity contribution in [2.75, 3.05) is 13.2 Å². The number of aryl methyl sites for hydroxylation is 1. The zero-order valence-corrected chi connectivity index (χ0v) is 15.8. The summed E-state index contributed by atoms with van der Waals surface area (Å²) in [6.07, 6.45) is 0.396. The molecule has 0 saturated carbocycles. The zero-order chi connectivity index (χ0) is 18.8. The van der Waals surface area contributed by atoms with Gasteiger partial charge in [0.2, 0.25) is 0 Å². The van der Waals surface area contributed by atoms with Gasteiger partial charge in [0, 0.05) is 17.6 Å². The van der Waals surface area contributed by atoms with Gasteiger partial charge in [-0.05, 0) is 31.0 Å². The highest BCUT2D eigenvalue weighted by atomic mass is 32.1. The predicted molar refractivity (Wildman–Crippen MR) is 101 cm³/mol. The Morgan fingerprint density at radius 1 is 1.31 bits per heavy atom. The second-order valence-corrected chi connectivity index (χ2v) is 6.67. The van der Waals surface area contributed by atoms with E-state index in [0.29, 0.717) is 24.8 Å². The van der Waals surface area contributed by atoms with Crippen LogP contribution in [0.4, 0.5) is 8.78 Å². The fraction of sp³-hybridized carbons (Fsp3) is 0.444. The SMILES string of the molecule is CCNC(=NCc1cccc(OCC(F)F)c1)NCc1ncc(CC)s1.